The summed E-state index contributed by atoms with van der Waals surface area (Å²) >= 11 is 0. The van der Waals surface area contributed by atoms with Gasteiger partial charge in [-0.05, 0) is 82.8 Å². The third-order valence-electron chi connectivity index (χ3n) is 8.27. The largest absolute Gasteiger partial charge is 0.444 e. The molecule has 1 saturated carbocycles. The minimum atomic E-state index is -0.459. The number of piperazine rings is 1. The van der Waals surface area contributed by atoms with Gasteiger partial charge < -0.3 is 14.5 Å². The molecule has 35 heavy (non-hydrogen) atoms. The Balaban J connectivity index is 1.47. The summed E-state index contributed by atoms with van der Waals surface area (Å²) in [4.78, 5) is 32.8. The molecule has 1 unspecified atom stereocenters. The van der Waals surface area contributed by atoms with Crippen molar-refractivity contribution in [2.75, 3.05) is 26.2 Å². The van der Waals surface area contributed by atoms with Crippen LogP contribution in [-0.2, 0) is 9.53 Å². The van der Waals surface area contributed by atoms with E-state index in [-0.39, 0.29) is 24.1 Å². The molecule has 1 atom stereocenters. The van der Waals surface area contributed by atoms with Crippen molar-refractivity contribution in [1.82, 2.24) is 14.7 Å². The lowest BCUT2D eigenvalue weighted by Crippen LogP contribution is -2.62. The molecular weight excluding hydrogens is 438 g/mol. The fourth-order valence-corrected chi connectivity index (χ4v) is 6.34. The van der Waals surface area contributed by atoms with Gasteiger partial charge in [0.15, 0.2) is 0 Å². The van der Waals surface area contributed by atoms with Crippen LogP contribution in [0.25, 0.3) is 0 Å². The van der Waals surface area contributed by atoms with Gasteiger partial charge in [0.25, 0.3) is 0 Å². The fraction of sp³-hybridized carbons (Fsp3) is 0.724. The summed E-state index contributed by atoms with van der Waals surface area (Å²) < 4.78 is 5.58. The van der Waals surface area contributed by atoms with E-state index in [0.717, 1.165) is 51.9 Å². The number of ether oxygens (including phenoxy) is 1. The summed E-state index contributed by atoms with van der Waals surface area (Å²) in [6.07, 6.45) is 4.09. The average Bonchev–Trinajstić information content (AvgIpc) is 2.76. The molecule has 1 aromatic rings. The maximum atomic E-state index is 13.8. The molecule has 2 heterocycles. The highest BCUT2D eigenvalue weighted by molar-refractivity contribution is 5.85. The number of benzene rings is 1. The number of hydrogen-bond acceptors (Lipinski definition) is 4. The van der Waals surface area contributed by atoms with Gasteiger partial charge in [0, 0.05) is 38.3 Å². The van der Waals surface area contributed by atoms with Crippen LogP contribution in [0.15, 0.2) is 24.3 Å². The van der Waals surface area contributed by atoms with Gasteiger partial charge in [0.1, 0.15) is 11.6 Å². The van der Waals surface area contributed by atoms with E-state index >= 15 is 0 Å². The summed E-state index contributed by atoms with van der Waals surface area (Å²) in [6.45, 7) is 17.7. The molecular formula is C29H45N3O3. The first-order valence-corrected chi connectivity index (χ1v) is 13.5. The van der Waals surface area contributed by atoms with Crippen molar-refractivity contribution in [3.8, 4) is 0 Å². The van der Waals surface area contributed by atoms with Crippen molar-refractivity contribution < 1.29 is 14.3 Å². The Kier molecular flexibility index (Phi) is 7.25. The van der Waals surface area contributed by atoms with Gasteiger partial charge in [-0.15, -0.1) is 0 Å². The van der Waals surface area contributed by atoms with Crippen LogP contribution in [-0.4, -0.2) is 70.6 Å². The second-order valence-electron chi connectivity index (χ2n) is 12.6. The summed E-state index contributed by atoms with van der Waals surface area (Å²) in [7, 11) is 0. The lowest BCUT2D eigenvalue weighted by atomic mass is 9.59. The van der Waals surface area contributed by atoms with Gasteiger partial charge in [-0.1, -0.05) is 38.1 Å². The van der Waals surface area contributed by atoms with E-state index in [0.29, 0.717) is 17.4 Å². The molecule has 2 aliphatic heterocycles. The van der Waals surface area contributed by atoms with E-state index in [4.69, 9.17) is 4.74 Å². The molecule has 6 heteroatoms. The van der Waals surface area contributed by atoms with Crippen molar-refractivity contribution in [3.05, 3.63) is 35.4 Å². The third-order valence-corrected chi connectivity index (χ3v) is 8.27. The fourth-order valence-electron chi connectivity index (χ4n) is 6.34. The molecule has 0 radical (unpaired) electrons. The summed E-state index contributed by atoms with van der Waals surface area (Å²) in [5.41, 5.74) is 2.29. The number of carbonyl (C=O) groups is 2. The van der Waals surface area contributed by atoms with E-state index in [1.807, 2.05) is 25.7 Å². The molecule has 4 rings (SSSR count). The number of rotatable bonds is 4. The normalized spacial score (nSPS) is 23.8. The smallest absolute Gasteiger partial charge is 0.410 e. The van der Waals surface area contributed by atoms with Gasteiger partial charge >= 0.3 is 6.09 Å². The van der Waals surface area contributed by atoms with Crippen molar-refractivity contribution in [2.45, 2.75) is 104 Å². The van der Waals surface area contributed by atoms with Crippen LogP contribution in [0.5, 0.6) is 0 Å². The van der Waals surface area contributed by atoms with E-state index in [1.165, 1.54) is 11.1 Å². The quantitative estimate of drug-likeness (QED) is 0.561. The first-order valence-electron chi connectivity index (χ1n) is 13.5. The highest BCUT2D eigenvalue weighted by Gasteiger charge is 2.52. The number of likely N-dealkylation sites (tertiary alicyclic amines) is 1. The Hall–Kier alpha value is -2.08. The zero-order valence-corrected chi connectivity index (χ0v) is 22.8. The minimum absolute atomic E-state index is 0.191. The van der Waals surface area contributed by atoms with Crippen molar-refractivity contribution in [2.24, 2.45) is 5.41 Å². The van der Waals surface area contributed by atoms with Crippen molar-refractivity contribution in [1.29, 1.82) is 0 Å². The monoisotopic (exact) mass is 483 g/mol. The maximum absolute atomic E-state index is 13.8. The first-order chi connectivity index (χ1) is 16.4. The predicted molar refractivity (Wildman–Crippen MR) is 139 cm³/mol. The average molecular weight is 484 g/mol. The van der Waals surface area contributed by atoms with Gasteiger partial charge in [-0.3, -0.25) is 9.69 Å². The van der Waals surface area contributed by atoms with Crippen LogP contribution < -0.4 is 0 Å². The number of carbonyl (C=O) groups excluding carboxylic acids is 2. The molecule has 3 aliphatic rings. The van der Waals surface area contributed by atoms with Crippen LogP contribution in [0.1, 0.15) is 97.2 Å². The van der Waals surface area contributed by atoms with Gasteiger partial charge in [0.2, 0.25) is 5.91 Å². The lowest BCUT2D eigenvalue weighted by molar-refractivity contribution is -0.152. The van der Waals surface area contributed by atoms with Crippen molar-refractivity contribution >= 4 is 12.0 Å². The molecule has 1 aliphatic carbocycles. The number of hydrogen-bond donors (Lipinski definition) is 0. The molecule has 2 amide bonds. The Labute approximate surface area is 212 Å². The zero-order chi connectivity index (χ0) is 25.5. The van der Waals surface area contributed by atoms with Crippen LogP contribution in [0.2, 0.25) is 0 Å². The standard InChI is InChI=1S/C29H45N3O3/c1-20(2)23-10-8-9-11-24(23)25-26(33)31(21(3)4)16-17-32(25)22-18-29(19-22)12-14-30(15-13-29)27(34)35-28(5,6)7/h8-11,20-22,25H,12-19H2,1-7H3. The molecule has 0 bridgehead atoms. The SMILES string of the molecule is CC(C)c1ccccc1C1C(=O)N(C(C)C)CCN1C1CC2(CCN(C(=O)OC(C)(C)C)CC2)C1. The van der Waals surface area contributed by atoms with E-state index in [9.17, 15) is 9.59 Å². The molecule has 6 nitrogen and oxygen atoms in total. The second-order valence-corrected chi connectivity index (χ2v) is 12.6. The van der Waals surface area contributed by atoms with Crippen LogP contribution in [0.4, 0.5) is 4.79 Å². The van der Waals surface area contributed by atoms with Gasteiger partial charge in [-0.25, -0.2) is 4.79 Å². The number of nitrogens with zero attached hydrogens (tertiary/aromatic N) is 3. The molecule has 3 fully saturated rings. The highest BCUT2D eigenvalue weighted by Crippen LogP contribution is 2.53. The number of piperidine rings is 1. The van der Waals surface area contributed by atoms with Crippen LogP contribution in [0.3, 0.4) is 0 Å². The molecule has 1 spiro atoms. The van der Waals surface area contributed by atoms with E-state index < -0.39 is 5.60 Å². The number of amides is 2. The van der Waals surface area contributed by atoms with Crippen molar-refractivity contribution in [3.63, 3.8) is 0 Å². The maximum Gasteiger partial charge on any atom is 0.410 e. The summed E-state index contributed by atoms with van der Waals surface area (Å²) in [5, 5.41) is 0. The summed E-state index contributed by atoms with van der Waals surface area (Å²) in [6, 6.07) is 8.96. The van der Waals surface area contributed by atoms with E-state index in [1.54, 1.807) is 0 Å². The molecule has 0 aromatic heterocycles. The highest BCUT2D eigenvalue weighted by atomic mass is 16.6. The second kappa shape index (κ2) is 9.76. The Bertz CT molecular complexity index is 919. The Morgan fingerprint density at radius 2 is 1.63 bits per heavy atom. The topological polar surface area (TPSA) is 53.1 Å². The summed E-state index contributed by atoms with van der Waals surface area (Å²) in [5.74, 6) is 0.625. The Morgan fingerprint density at radius 3 is 2.20 bits per heavy atom. The zero-order valence-electron chi connectivity index (χ0n) is 22.8. The van der Waals surface area contributed by atoms with Crippen LogP contribution in [0, 0.1) is 5.41 Å². The molecule has 2 saturated heterocycles. The predicted octanol–water partition coefficient (Wildman–Crippen LogP) is 5.58. The lowest BCUT2D eigenvalue weighted by Gasteiger charge is -2.58. The molecule has 194 valence electrons. The van der Waals surface area contributed by atoms with Gasteiger partial charge in [0.05, 0.1) is 0 Å². The van der Waals surface area contributed by atoms with E-state index in [2.05, 4.69) is 61.8 Å². The molecule has 1 aromatic carbocycles. The van der Waals surface area contributed by atoms with Gasteiger partial charge in [-0.2, -0.15) is 0 Å². The minimum Gasteiger partial charge on any atom is -0.444 e. The van der Waals surface area contributed by atoms with Crippen LogP contribution >= 0.6 is 0 Å². The Morgan fingerprint density at radius 1 is 1.00 bits per heavy atom. The first kappa shape index (κ1) is 26.0. The third kappa shape index (κ3) is 5.37. The molecule has 0 N–H and O–H groups in total.